The first-order chi connectivity index (χ1) is 14.2. The average Bonchev–Trinajstić information content (AvgIpc) is 3.02. The SMILES string of the molecule is COc1cc(OC)c(C(=O)OCC(=O)c2cc(C)n(CCC(C)C)c2C)cc1OC. The summed E-state index contributed by atoms with van der Waals surface area (Å²) in [7, 11) is 4.40. The summed E-state index contributed by atoms with van der Waals surface area (Å²) in [5, 5.41) is 0. The highest BCUT2D eigenvalue weighted by molar-refractivity contribution is 6.01. The molecule has 0 radical (unpaired) electrons. The Balaban J connectivity index is 2.15. The van der Waals surface area contributed by atoms with E-state index in [2.05, 4.69) is 18.4 Å². The van der Waals surface area contributed by atoms with Crippen molar-refractivity contribution in [2.24, 2.45) is 5.92 Å². The zero-order valence-electron chi connectivity index (χ0n) is 18.8. The van der Waals surface area contributed by atoms with Crippen LogP contribution < -0.4 is 14.2 Å². The molecule has 30 heavy (non-hydrogen) atoms. The van der Waals surface area contributed by atoms with Gasteiger partial charge in [0.15, 0.2) is 18.1 Å². The van der Waals surface area contributed by atoms with E-state index in [9.17, 15) is 9.59 Å². The second kappa shape index (κ2) is 10.2. The van der Waals surface area contributed by atoms with Gasteiger partial charge in [-0.25, -0.2) is 4.79 Å². The Morgan fingerprint density at radius 1 is 0.900 bits per heavy atom. The molecule has 7 heteroatoms. The molecule has 0 saturated carbocycles. The summed E-state index contributed by atoms with van der Waals surface area (Å²) in [5.41, 5.74) is 2.64. The van der Waals surface area contributed by atoms with E-state index in [0.717, 1.165) is 24.4 Å². The molecule has 164 valence electrons. The van der Waals surface area contributed by atoms with Crippen LogP contribution in [-0.2, 0) is 11.3 Å². The Kier molecular flexibility index (Phi) is 7.92. The first-order valence-electron chi connectivity index (χ1n) is 9.90. The summed E-state index contributed by atoms with van der Waals surface area (Å²) >= 11 is 0. The Morgan fingerprint density at radius 3 is 2.07 bits per heavy atom. The van der Waals surface area contributed by atoms with E-state index in [4.69, 9.17) is 18.9 Å². The van der Waals surface area contributed by atoms with Gasteiger partial charge in [0.2, 0.25) is 5.78 Å². The standard InChI is InChI=1S/C23H31NO6/c1-14(2)8-9-24-15(3)10-17(16(24)4)19(25)13-30-23(26)18-11-21(28-6)22(29-7)12-20(18)27-5/h10-12,14H,8-9,13H2,1-7H3. The highest BCUT2D eigenvalue weighted by atomic mass is 16.5. The number of aromatic nitrogens is 1. The predicted molar refractivity (Wildman–Crippen MR) is 114 cm³/mol. The molecule has 0 amide bonds. The number of hydrogen-bond acceptors (Lipinski definition) is 6. The molecule has 0 saturated heterocycles. The van der Waals surface area contributed by atoms with Gasteiger partial charge in [0.25, 0.3) is 0 Å². The molecule has 0 unspecified atom stereocenters. The Labute approximate surface area is 177 Å². The number of methoxy groups -OCH3 is 3. The van der Waals surface area contributed by atoms with E-state index in [-0.39, 0.29) is 23.7 Å². The lowest BCUT2D eigenvalue weighted by molar-refractivity contribution is 0.0471. The number of rotatable bonds is 10. The van der Waals surface area contributed by atoms with Crippen LogP contribution in [0.25, 0.3) is 0 Å². The van der Waals surface area contributed by atoms with Gasteiger partial charge in [0, 0.05) is 35.6 Å². The van der Waals surface area contributed by atoms with Gasteiger partial charge < -0.3 is 23.5 Å². The van der Waals surface area contributed by atoms with Gasteiger partial charge >= 0.3 is 5.97 Å². The third kappa shape index (κ3) is 5.14. The monoisotopic (exact) mass is 417 g/mol. The third-order valence-electron chi connectivity index (χ3n) is 5.06. The minimum Gasteiger partial charge on any atom is -0.496 e. The summed E-state index contributed by atoms with van der Waals surface area (Å²) in [5.74, 6) is 0.724. The molecular weight excluding hydrogens is 386 g/mol. The summed E-state index contributed by atoms with van der Waals surface area (Å²) in [4.78, 5) is 25.3. The smallest absolute Gasteiger partial charge is 0.342 e. The molecule has 1 aromatic heterocycles. The molecule has 0 aliphatic rings. The van der Waals surface area contributed by atoms with Crippen molar-refractivity contribution in [2.45, 2.75) is 40.7 Å². The number of Topliss-reactive ketones (excluding diaryl/α,β-unsaturated/α-hetero) is 1. The van der Waals surface area contributed by atoms with E-state index in [1.165, 1.54) is 27.4 Å². The summed E-state index contributed by atoms with van der Waals surface area (Å²) in [6, 6.07) is 4.87. The molecule has 2 rings (SSSR count). The average molecular weight is 418 g/mol. The number of esters is 1. The lowest BCUT2D eigenvalue weighted by atomic mass is 10.1. The van der Waals surface area contributed by atoms with Crippen LogP contribution in [-0.4, -0.2) is 44.3 Å². The molecule has 2 aromatic rings. The fourth-order valence-corrected chi connectivity index (χ4v) is 3.29. The highest BCUT2D eigenvalue weighted by Crippen LogP contribution is 2.35. The third-order valence-corrected chi connectivity index (χ3v) is 5.06. The molecule has 1 heterocycles. The lowest BCUT2D eigenvalue weighted by Gasteiger charge is -2.13. The van der Waals surface area contributed by atoms with E-state index < -0.39 is 5.97 Å². The number of carbonyl (C=O) groups excluding carboxylic acids is 2. The van der Waals surface area contributed by atoms with Gasteiger partial charge in [-0.3, -0.25) is 4.79 Å². The predicted octanol–water partition coefficient (Wildman–Crippen LogP) is 4.22. The van der Waals surface area contributed by atoms with Gasteiger partial charge in [0.05, 0.1) is 21.3 Å². The maximum absolute atomic E-state index is 12.7. The summed E-state index contributed by atoms with van der Waals surface area (Å²) in [6.45, 7) is 8.73. The van der Waals surface area contributed by atoms with Gasteiger partial charge in [0.1, 0.15) is 11.3 Å². The van der Waals surface area contributed by atoms with Crippen molar-refractivity contribution < 1.29 is 28.5 Å². The zero-order chi connectivity index (χ0) is 22.4. The first-order valence-corrected chi connectivity index (χ1v) is 9.90. The summed E-state index contributed by atoms with van der Waals surface area (Å²) < 4.78 is 23.1. The van der Waals surface area contributed by atoms with E-state index >= 15 is 0 Å². The number of nitrogens with zero attached hydrogens (tertiary/aromatic N) is 1. The van der Waals surface area contributed by atoms with Crippen LogP contribution in [0.2, 0.25) is 0 Å². The number of ether oxygens (including phenoxy) is 4. The van der Waals surface area contributed by atoms with E-state index in [1.807, 2.05) is 19.9 Å². The second-order valence-corrected chi connectivity index (χ2v) is 7.53. The quantitative estimate of drug-likeness (QED) is 0.426. The van der Waals surface area contributed by atoms with Crippen LogP contribution in [0, 0.1) is 19.8 Å². The Hall–Kier alpha value is -2.96. The second-order valence-electron chi connectivity index (χ2n) is 7.53. The number of hydrogen-bond donors (Lipinski definition) is 0. The molecular formula is C23H31NO6. The van der Waals surface area contributed by atoms with Gasteiger partial charge in [-0.2, -0.15) is 0 Å². The van der Waals surface area contributed by atoms with Gasteiger partial charge in [-0.05, 0) is 32.3 Å². The molecule has 0 bridgehead atoms. The zero-order valence-corrected chi connectivity index (χ0v) is 18.8. The van der Waals surface area contributed by atoms with Crippen molar-refractivity contribution in [2.75, 3.05) is 27.9 Å². The summed E-state index contributed by atoms with van der Waals surface area (Å²) in [6.07, 6.45) is 1.03. The molecule has 0 aliphatic heterocycles. The Bertz CT molecular complexity index is 913. The Morgan fingerprint density at radius 2 is 1.50 bits per heavy atom. The minimum atomic E-state index is -0.672. The molecule has 7 nitrogen and oxygen atoms in total. The maximum Gasteiger partial charge on any atom is 0.342 e. The van der Waals surface area contributed by atoms with Crippen LogP contribution in [0.1, 0.15) is 52.4 Å². The lowest BCUT2D eigenvalue weighted by Crippen LogP contribution is -2.16. The van der Waals surface area contributed by atoms with Crippen LogP contribution in [0.5, 0.6) is 17.2 Å². The number of aryl methyl sites for hydroxylation is 1. The fourth-order valence-electron chi connectivity index (χ4n) is 3.29. The van der Waals surface area contributed by atoms with Gasteiger partial charge in [-0.1, -0.05) is 13.8 Å². The van der Waals surface area contributed by atoms with Crippen molar-refractivity contribution in [1.82, 2.24) is 4.57 Å². The molecule has 1 aromatic carbocycles. The molecule has 0 aliphatic carbocycles. The van der Waals surface area contributed by atoms with Crippen LogP contribution in [0.15, 0.2) is 18.2 Å². The largest absolute Gasteiger partial charge is 0.496 e. The highest BCUT2D eigenvalue weighted by Gasteiger charge is 2.22. The van der Waals surface area contributed by atoms with Gasteiger partial charge in [-0.15, -0.1) is 0 Å². The van der Waals surface area contributed by atoms with E-state index in [0.29, 0.717) is 23.0 Å². The van der Waals surface area contributed by atoms with E-state index in [1.54, 1.807) is 6.07 Å². The van der Waals surface area contributed by atoms with Crippen molar-refractivity contribution in [3.05, 3.63) is 40.7 Å². The van der Waals surface area contributed by atoms with Crippen LogP contribution in [0.4, 0.5) is 0 Å². The fraction of sp³-hybridized carbons (Fsp3) is 0.478. The minimum absolute atomic E-state index is 0.158. The number of ketones is 1. The maximum atomic E-state index is 12.7. The van der Waals surface area contributed by atoms with Crippen molar-refractivity contribution >= 4 is 11.8 Å². The van der Waals surface area contributed by atoms with Crippen molar-refractivity contribution in [1.29, 1.82) is 0 Å². The van der Waals surface area contributed by atoms with Crippen LogP contribution in [0.3, 0.4) is 0 Å². The molecule has 0 spiro atoms. The number of benzene rings is 1. The topological polar surface area (TPSA) is 76.0 Å². The molecule has 0 atom stereocenters. The van der Waals surface area contributed by atoms with Crippen molar-refractivity contribution in [3.63, 3.8) is 0 Å². The van der Waals surface area contributed by atoms with Crippen LogP contribution >= 0.6 is 0 Å². The number of carbonyl (C=O) groups is 2. The first kappa shape index (κ1) is 23.3. The molecule has 0 N–H and O–H groups in total. The molecule has 0 fully saturated rings. The normalized spacial score (nSPS) is 10.8. The van der Waals surface area contributed by atoms with Crippen molar-refractivity contribution in [3.8, 4) is 17.2 Å².